The number of nitrogens with zero attached hydrogens (tertiary/aromatic N) is 3. The standard InChI is InChI=1S/C20H22N6O4S/c1-12(18(27)23-19(28)22-14-7-5-4-6-8-14)31-20-25-24-17(26(20)21)13-9-10-15(29-2)16(11-13)30-3/h4-12H,21H2,1-3H3,(H2,22,23,27,28). The van der Waals surface area contributed by atoms with Crippen molar-refractivity contribution in [2.45, 2.75) is 17.3 Å². The molecule has 2 aromatic carbocycles. The Balaban J connectivity index is 1.66. The Kier molecular flexibility index (Phi) is 6.98. The number of nitrogen functional groups attached to an aromatic ring is 1. The minimum absolute atomic E-state index is 0.316. The van der Waals surface area contributed by atoms with Crippen molar-refractivity contribution in [3.05, 3.63) is 48.5 Å². The second-order valence-corrected chi connectivity index (χ2v) is 7.62. The second-order valence-electron chi connectivity index (χ2n) is 6.32. The largest absolute Gasteiger partial charge is 0.493 e. The SMILES string of the molecule is COc1ccc(-c2nnc(SC(C)C(=O)NC(=O)Nc3ccccc3)n2N)cc1OC. The first-order valence-electron chi connectivity index (χ1n) is 9.19. The van der Waals surface area contributed by atoms with Crippen molar-refractivity contribution in [3.63, 3.8) is 0 Å². The van der Waals surface area contributed by atoms with E-state index in [4.69, 9.17) is 15.3 Å². The Morgan fingerprint density at radius 3 is 2.45 bits per heavy atom. The van der Waals surface area contributed by atoms with Gasteiger partial charge in [-0.1, -0.05) is 30.0 Å². The van der Waals surface area contributed by atoms with Gasteiger partial charge in [0.1, 0.15) is 0 Å². The first kappa shape index (κ1) is 22.0. The van der Waals surface area contributed by atoms with Crippen molar-refractivity contribution >= 4 is 29.4 Å². The van der Waals surface area contributed by atoms with Gasteiger partial charge >= 0.3 is 6.03 Å². The van der Waals surface area contributed by atoms with Gasteiger partial charge in [-0.15, -0.1) is 10.2 Å². The summed E-state index contributed by atoms with van der Waals surface area (Å²) in [5.41, 5.74) is 1.24. The number of carbonyl (C=O) groups is 2. The number of para-hydroxylation sites is 1. The number of hydrogen-bond acceptors (Lipinski definition) is 8. The molecule has 11 heteroatoms. The molecule has 0 aliphatic heterocycles. The molecular weight excluding hydrogens is 420 g/mol. The van der Waals surface area contributed by atoms with Gasteiger partial charge in [-0.2, -0.15) is 0 Å². The number of anilines is 1. The quantitative estimate of drug-likeness (QED) is 0.375. The monoisotopic (exact) mass is 442 g/mol. The minimum atomic E-state index is -0.647. The summed E-state index contributed by atoms with van der Waals surface area (Å²) in [5.74, 6) is 7.13. The van der Waals surface area contributed by atoms with Crippen LogP contribution in [0.15, 0.2) is 53.7 Å². The number of amides is 3. The van der Waals surface area contributed by atoms with Gasteiger partial charge in [0, 0.05) is 11.3 Å². The Morgan fingerprint density at radius 1 is 1.06 bits per heavy atom. The molecule has 0 spiro atoms. The molecule has 0 saturated carbocycles. The highest BCUT2D eigenvalue weighted by atomic mass is 32.2. The molecule has 3 rings (SSSR count). The summed E-state index contributed by atoms with van der Waals surface area (Å²) in [7, 11) is 3.08. The molecule has 0 radical (unpaired) electrons. The van der Waals surface area contributed by atoms with Gasteiger partial charge in [-0.3, -0.25) is 10.1 Å². The van der Waals surface area contributed by atoms with Crippen molar-refractivity contribution in [2.75, 3.05) is 25.4 Å². The number of carbonyl (C=O) groups excluding carboxylic acids is 2. The molecule has 4 N–H and O–H groups in total. The van der Waals surface area contributed by atoms with Gasteiger partial charge < -0.3 is 20.6 Å². The molecule has 0 fully saturated rings. The lowest BCUT2D eigenvalue weighted by Gasteiger charge is -2.12. The maximum Gasteiger partial charge on any atom is 0.325 e. The molecule has 0 aliphatic rings. The van der Waals surface area contributed by atoms with Crippen LogP contribution in [0.5, 0.6) is 11.5 Å². The fraction of sp³-hybridized carbons (Fsp3) is 0.200. The highest BCUT2D eigenvalue weighted by molar-refractivity contribution is 8.00. The number of thioether (sulfide) groups is 1. The van der Waals surface area contributed by atoms with E-state index in [9.17, 15) is 9.59 Å². The van der Waals surface area contributed by atoms with Crippen LogP contribution in [0.2, 0.25) is 0 Å². The summed E-state index contributed by atoms with van der Waals surface area (Å²) in [5, 5.41) is 12.7. The summed E-state index contributed by atoms with van der Waals surface area (Å²) in [6, 6.07) is 13.4. The number of ether oxygens (including phenoxy) is 2. The van der Waals surface area contributed by atoms with Crippen LogP contribution < -0.4 is 25.9 Å². The zero-order valence-electron chi connectivity index (χ0n) is 17.2. The zero-order valence-corrected chi connectivity index (χ0v) is 18.0. The number of benzene rings is 2. The number of nitrogens with one attached hydrogen (secondary N) is 2. The molecule has 1 unspecified atom stereocenters. The van der Waals surface area contributed by atoms with Crippen LogP contribution in [0.4, 0.5) is 10.5 Å². The molecule has 3 amide bonds. The van der Waals surface area contributed by atoms with Crippen LogP contribution >= 0.6 is 11.8 Å². The molecule has 0 bridgehead atoms. The minimum Gasteiger partial charge on any atom is -0.493 e. The maximum atomic E-state index is 12.4. The first-order valence-corrected chi connectivity index (χ1v) is 10.1. The molecule has 1 aromatic heterocycles. The van der Waals surface area contributed by atoms with Crippen molar-refractivity contribution in [1.29, 1.82) is 0 Å². The molecule has 0 aliphatic carbocycles. The van der Waals surface area contributed by atoms with Gasteiger partial charge in [0.2, 0.25) is 11.1 Å². The second kappa shape index (κ2) is 9.85. The average molecular weight is 443 g/mol. The van der Waals surface area contributed by atoms with E-state index in [2.05, 4.69) is 20.8 Å². The Bertz CT molecular complexity index is 1070. The van der Waals surface area contributed by atoms with Crippen molar-refractivity contribution in [1.82, 2.24) is 20.2 Å². The number of methoxy groups -OCH3 is 2. The topological polar surface area (TPSA) is 133 Å². The third-order valence-corrected chi connectivity index (χ3v) is 5.28. The fourth-order valence-electron chi connectivity index (χ4n) is 2.64. The number of imide groups is 1. The lowest BCUT2D eigenvalue weighted by atomic mass is 10.2. The number of rotatable bonds is 7. The van der Waals surface area contributed by atoms with Crippen LogP contribution in [0.1, 0.15) is 6.92 Å². The lowest BCUT2D eigenvalue weighted by molar-refractivity contribution is -0.119. The number of urea groups is 1. The highest BCUT2D eigenvalue weighted by Crippen LogP contribution is 2.32. The van der Waals surface area contributed by atoms with E-state index in [-0.39, 0.29) is 0 Å². The lowest BCUT2D eigenvalue weighted by Crippen LogP contribution is -2.39. The van der Waals surface area contributed by atoms with E-state index in [1.165, 1.54) is 11.8 Å². The molecule has 3 aromatic rings. The normalized spacial score (nSPS) is 11.5. The van der Waals surface area contributed by atoms with Crippen molar-refractivity contribution < 1.29 is 19.1 Å². The summed E-state index contributed by atoms with van der Waals surface area (Å²) in [6.45, 7) is 1.64. The van der Waals surface area contributed by atoms with Gasteiger partial charge in [-0.05, 0) is 37.3 Å². The molecule has 1 heterocycles. The maximum absolute atomic E-state index is 12.4. The van der Waals surface area contributed by atoms with E-state index in [0.717, 1.165) is 11.8 Å². The van der Waals surface area contributed by atoms with E-state index in [1.54, 1.807) is 56.5 Å². The van der Waals surface area contributed by atoms with Gasteiger partial charge in [-0.25, -0.2) is 9.47 Å². The molecular formula is C20H22N6O4S. The van der Waals surface area contributed by atoms with E-state index in [1.807, 2.05) is 6.07 Å². The van der Waals surface area contributed by atoms with Crippen molar-refractivity contribution in [3.8, 4) is 22.9 Å². The van der Waals surface area contributed by atoms with E-state index >= 15 is 0 Å². The smallest absolute Gasteiger partial charge is 0.325 e. The molecule has 0 saturated heterocycles. The molecule has 1 atom stereocenters. The fourth-order valence-corrected chi connectivity index (χ4v) is 3.41. The third kappa shape index (κ3) is 5.25. The summed E-state index contributed by atoms with van der Waals surface area (Å²) < 4.78 is 11.8. The number of hydrogen-bond donors (Lipinski definition) is 3. The zero-order chi connectivity index (χ0) is 22.4. The van der Waals surface area contributed by atoms with E-state index in [0.29, 0.717) is 33.7 Å². The van der Waals surface area contributed by atoms with Gasteiger partial charge in [0.25, 0.3) is 0 Å². The molecule has 162 valence electrons. The number of nitrogens with two attached hydrogens (primary N) is 1. The Morgan fingerprint density at radius 2 is 1.77 bits per heavy atom. The highest BCUT2D eigenvalue weighted by Gasteiger charge is 2.22. The Hall–Kier alpha value is -3.73. The van der Waals surface area contributed by atoms with Gasteiger partial charge in [0.15, 0.2) is 17.3 Å². The van der Waals surface area contributed by atoms with Crippen LogP contribution in [-0.4, -0.2) is 46.3 Å². The van der Waals surface area contributed by atoms with Crippen LogP contribution in [0.25, 0.3) is 11.4 Å². The predicted octanol–water partition coefficient (Wildman–Crippen LogP) is 2.51. The van der Waals surface area contributed by atoms with Crippen molar-refractivity contribution in [2.24, 2.45) is 0 Å². The Labute approximate surface area is 183 Å². The summed E-state index contributed by atoms with van der Waals surface area (Å²) in [4.78, 5) is 24.4. The molecule has 10 nitrogen and oxygen atoms in total. The van der Waals surface area contributed by atoms with E-state index < -0.39 is 17.2 Å². The molecule has 31 heavy (non-hydrogen) atoms. The summed E-state index contributed by atoms with van der Waals surface area (Å²) >= 11 is 1.08. The summed E-state index contributed by atoms with van der Waals surface area (Å²) in [6.07, 6.45) is 0. The van der Waals surface area contributed by atoms with Crippen LogP contribution in [-0.2, 0) is 4.79 Å². The van der Waals surface area contributed by atoms with Crippen LogP contribution in [0, 0.1) is 0 Å². The number of aromatic nitrogens is 3. The van der Waals surface area contributed by atoms with Crippen LogP contribution in [0.3, 0.4) is 0 Å². The average Bonchev–Trinajstić information content (AvgIpc) is 3.13. The first-order chi connectivity index (χ1) is 14.9. The van der Waals surface area contributed by atoms with Gasteiger partial charge in [0.05, 0.1) is 19.5 Å². The predicted molar refractivity (Wildman–Crippen MR) is 118 cm³/mol. The third-order valence-electron chi connectivity index (χ3n) is 4.23.